The molecule has 10 aromatic rings. The Morgan fingerprint density at radius 3 is 1.55 bits per heavy atom. The minimum atomic E-state index is -0.234. The van der Waals surface area contributed by atoms with Gasteiger partial charge in [-0.15, -0.1) is 0 Å². The van der Waals surface area contributed by atoms with E-state index < -0.39 is 0 Å². The molecule has 2 heterocycles. The maximum absolute atomic E-state index is 13.8. The van der Waals surface area contributed by atoms with Gasteiger partial charge in [0.1, 0.15) is 5.82 Å². The Hall–Kier alpha value is -6.45. The fraction of sp³-hybridized carbons (Fsp3) is 0. The number of aromatic nitrogens is 2. The van der Waals surface area contributed by atoms with E-state index in [1.54, 1.807) is 0 Å². The molecule has 0 fully saturated rings. The lowest BCUT2D eigenvalue weighted by Crippen LogP contribution is -1.94. The van der Waals surface area contributed by atoms with Crippen molar-refractivity contribution in [3.05, 3.63) is 182 Å². The van der Waals surface area contributed by atoms with Gasteiger partial charge in [-0.25, -0.2) is 4.39 Å². The van der Waals surface area contributed by atoms with Crippen LogP contribution in [0.25, 0.3) is 88.0 Å². The zero-order chi connectivity index (χ0) is 32.5. The Labute approximate surface area is 282 Å². The van der Waals surface area contributed by atoms with Gasteiger partial charge in [0.15, 0.2) is 0 Å². The number of nitrogens with zero attached hydrogens (tertiary/aromatic N) is 2. The molecule has 0 unspecified atom stereocenters. The molecule has 8 aromatic carbocycles. The van der Waals surface area contributed by atoms with Crippen molar-refractivity contribution in [2.24, 2.45) is 0 Å². The van der Waals surface area contributed by atoms with Crippen molar-refractivity contribution < 1.29 is 4.39 Å². The lowest BCUT2D eigenvalue weighted by molar-refractivity contribution is 0.627. The number of fused-ring (bicyclic) bond motifs is 7. The number of halogens is 1. The van der Waals surface area contributed by atoms with Crippen LogP contribution in [0.5, 0.6) is 0 Å². The van der Waals surface area contributed by atoms with Gasteiger partial charge in [-0.1, -0.05) is 109 Å². The standard InChI is InChI=1S/C46H29FN2/c47-36-20-23-37(24-21-36)48-44-12-6-4-10-40(44)42-28-34(19-26-45(42)48)31-13-15-32(16-14-31)35-18-25-41-39-9-3-5-11-43(39)49(46(41)29-35)38-22-17-30-7-1-2-8-33(30)27-38/h1-29H. The highest BCUT2D eigenvalue weighted by Crippen LogP contribution is 2.38. The maximum Gasteiger partial charge on any atom is 0.123 e. The molecule has 0 saturated heterocycles. The van der Waals surface area contributed by atoms with Crippen molar-refractivity contribution >= 4 is 54.4 Å². The van der Waals surface area contributed by atoms with Gasteiger partial charge in [0.25, 0.3) is 0 Å². The Morgan fingerprint density at radius 2 is 0.816 bits per heavy atom. The van der Waals surface area contributed by atoms with Gasteiger partial charge in [0.05, 0.1) is 22.1 Å². The molecule has 3 heteroatoms. The molecular weight excluding hydrogens is 600 g/mol. The molecule has 0 radical (unpaired) electrons. The highest BCUT2D eigenvalue weighted by Gasteiger charge is 2.15. The molecule has 0 aliphatic rings. The van der Waals surface area contributed by atoms with Gasteiger partial charge >= 0.3 is 0 Å². The van der Waals surface area contributed by atoms with Crippen LogP contribution in [0.4, 0.5) is 4.39 Å². The molecule has 0 amide bonds. The fourth-order valence-electron chi connectivity index (χ4n) is 7.62. The second kappa shape index (κ2) is 10.8. The third-order valence-corrected chi connectivity index (χ3v) is 9.97. The minimum Gasteiger partial charge on any atom is -0.309 e. The average molecular weight is 629 g/mol. The number of benzene rings is 8. The van der Waals surface area contributed by atoms with E-state index in [0.717, 1.165) is 33.5 Å². The molecule has 2 aromatic heterocycles. The molecule has 0 atom stereocenters. The molecule has 0 aliphatic heterocycles. The van der Waals surface area contributed by atoms with Crippen molar-refractivity contribution in [2.45, 2.75) is 0 Å². The van der Waals surface area contributed by atoms with E-state index in [-0.39, 0.29) is 5.82 Å². The summed E-state index contributed by atoms with van der Waals surface area (Å²) < 4.78 is 18.4. The van der Waals surface area contributed by atoms with E-state index in [1.807, 2.05) is 12.1 Å². The van der Waals surface area contributed by atoms with Crippen molar-refractivity contribution in [3.8, 4) is 33.6 Å². The third kappa shape index (κ3) is 4.40. The Balaban J connectivity index is 1.06. The van der Waals surface area contributed by atoms with Crippen LogP contribution >= 0.6 is 0 Å². The topological polar surface area (TPSA) is 9.86 Å². The summed E-state index contributed by atoms with van der Waals surface area (Å²) in [6.07, 6.45) is 0. The SMILES string of the molecule is Fc1ccc(-n2c3ccccc3c3cc(-c4ccc(-c5ccc6c7ccccc7n(-c7ccc8ccccc8c7)c6c5)cc4)ccc32)cc1. The zero-order valence-corrected chi connectivity index (χ0v) is 26.5. The minimum absolute atomic E-state index is 0.234. The molecule has 49 heavy (non-hydrogen) atoms. The molecule has 230 valence electrons. The van der Waals surface area contributed by atoms with Gasteiger partial charge in [0.2, 0.25) is 0 Å². The van der Waals surface area contributed by atoms with Gasteiger partial charge in [-0.05, 0) is 99.8 Å². The first-order valence-electron chi connectivity index (χ1n) is 16.6. The van der Waals surface area contributed by atoms with E-state index in [2.05, 4.69) is 161 Å². The summed E-state index contributed by atoms with van der Waals surface area (Å²) in [6.45, 7) is 0. The van der Waals surface area contributed by atoms with E-state index in [4.69, 9.17) is 0 Å². The smallest absolute Gasteiger partial charge is 0.123 e. The van der Waals surface area contributed by atoms with Crippen LogP contribution in [0, 0.1) is 5.82 Å². The second-order valence-corrected chi connectivity index (χ2v) is 12.8. The summed E-state index contributed by atoms with van der Waals surface area (Å²) in [7, 11) is 0. The number of para-hydroxylation sites is 2. The van der Waals surface area contributed by atoms with Crippen LogP contribution in [-0.4, -0.2) is 9.13 Å². The fourth-order valence-corrected chi connectivity index (χ4v) is 7.62. The summed E-state index contributed by atoms with van der Waals surface area (Å²) in [5, 5.41) is 7.33. The average Bonchev–Trinajstić information content (AvgIpc) is 3.67. The van der Waals surface area contributed by atoms with Crippen LogP contribution in [0.15, 0.2) is 176 Å². The molecule has 0 N–H and O–H groups in total. The lowest BCUT2D eigenvalue weighted by Gasteiger charge is -2.11. The molecule has 2 nitrogen and oxygen atoms in total. The Bertz CT molecular complexity index is 2870. The van der Waals surface area contributed by atoms with Crippen LogP contribution < -0.4 is 0 Å². The predicted octanol–water partition coefficient (Wildman–Crippen LogP) is 12.5. The monoisotopic (exact) mass is 628 g/mol. The first kappa shape index (κ1) is 27.6. The van der Waals surface area contributed by atoms with E-state index in [9.17, 15) is 4.39 Å². The van der Waals surface area contributed by atoms with Crippen LogP contribution in [0.1, 0.15) is 0 Å². The number of hydrogen-bond donors (Lipinski definition) is 0. The highest BCUT2D eigenvalue weighted by molar-refractivity contribution is 6.11. The Kier molecular flexibility index (Phi) is 6.09. The van der Waals surface area contributed by atoms with Gasteiger partial charge in [-0.3, -0.25) is 0 Å². The van der Waals surface area contributed by atoms with Crippen LogP contribution in [-0.2, 0) is 0 Å². The van der Waals surface area contributed by atoms with Crippen LogP contribution in [0.3, 0.4) is 0 Å². The van der Waals surface area contributed by atoms with E-state index in [0.29, 0.717) is 0 Å². The summed E-state index contributed by atoms with van der Waals surface area (Å²) in [5.41, 5.74) is 11.4. The van der Waals surface area contributed by atoms with Crippen molar-refractivity contribution in [1.29, 1.82) is 0 Å². The van der Waals surface area contributed by atoms with Crippen LogP contribution in [0.2, 0.25) is 0 Å². The molecule has 0 saturated carbocycles. The largest absolute Gasteiger partial charge is 0.309 e. The summed E-state index contributed by atoms with van der Waals surface area (Å²) in [6, 6.07) is 61.5. The third-order valence-electron chi connectivity index (χ3n) is 9.97. The second-order valence-electron chi connectivity index (χ2n) is 12.8. The molecular formula is C46H29FN2. The van der Waals surface area contributed by atoms with Gasteiger partial charge in [-0.2, -0.15) is 0 Å². The first-order chi connectivity index (χ1) is 24.2. The zero-order valence-electron chi connectivity index (χ0n) is 26.5. The van der Waals surface area contributed by atoms with Crippen molar-refractivity contribution in [2.75, 3.05) is 0 Å². The molecule has 0 aliphatic carbocycles. The van der Waals surface area contributed by atoms with Crippen molar-refractivity contribution in [1.82, 2.24) is 9.13 Å². The van der Waals surface area contributed by atoms with Gasteiger partial charge < -0.3 is 9.13 Å². The lowest BCUT2D eigenvalue weighted by atomic mass is 9.98. The summed E-state index contributed by atoms with van der Waals surface area (Å²) in [5.74, 6) is -0.234. The highest BCUT2D eigenvalue weighted by atomic mass is 19.1. The Morgan fingerprint density at radius 1 is 0.306 bits per heavy atom. The van der Waals surface area contributed by atoms with E-state index >= 15 is 0 Å². The number of rotatable bonds is 4. The number of hydrogen-bond acceptors (Lipinski definition) is 0. The molecule has 0 bridgehead atoms. The summed E-state index contributed by atoms with van der Waals surface area (Å²) in [4.78, 5) is 0. The van der Waals surface area contributed by atoms with Gasteiger partial charge in [0, 0.05) is 32.9 Å². The normalized spacial score (nSPS) is 11.8. The summed E-state index contributed by atoms with van der Waals surface area (Å²) >= 11 is 0. The predicted molar refractivity (Wildman–Crippen MR) is 203 cm³/mol. The van der Waals surface area contributed by atoms with E-state index in [1.165, 1.54) is 66.6 Å². The maximum atomic E-state index is 13.8. The molecule has 10 rings (SSSR count). The molecule has 0 spiro atoms. The van der Waals surface area contributed by atoms with Crippen molar-refractivity contribution in [3.63, 3.8) is 0 Å². The quantitative estimate of drug-likeness (QED) is 0.184. The first-order valence-corrected chi connectivity index (χ1v) is 16.6.